The molecule has 1 amide bonds. The molecule has 146 valence electrons. The van der Waals surface area contributed by atoms with E-state index in [0.29, 0.717) is 11.3 Å². The number of nitrogens with one attached hydrogen (secondary N) is 1. The Morgan fingerprint density at radius 1 is 1.18 bits per heavy atom. The number of nitro benzene ring substituents is 2. The van der Waals surface area contributed by atoms with E-state index < -0.39 is 9.85 Å². The molecular formula is C17H16N4O6S. The summed E-state index contributed by atoms with van der Waals surface area (Å²) in [5, 5.41) is 25.4. The number of carbonyl (C=O) groups is 1. The van der Waals surface area contributed by atoms with Crippen molar-refractivity contribution in [3.63, 3.8) is 0 Å². The molecular weight excluding hydrogens is 388 g/mol. The molecule has 0 saturated heterocycles. The lowest BCUT2D eigenvalue weighted by Gasteiger charge is -2.03. The largest absolute Gasteiger partial charge is 0.490 e. The van der Waals surface area contributed by atoms with Crippen LogP contribution in [0.5, 0.6) is 5.75 Å². The molecule has 0 aromatic heterocycles. The van der Waals surface area contributed by atoms with Crippen LogP contribution in [0.15, 0.2) is 47.6 Å². The van der Waals surface area contributed by atoms with Crippen LogP contribution in [0, 0.1) is 20.2 Å². The van der Waals surface area contributed by atoms with Gasteiger partial charge in [0.05, 0.1) is 28.9 Å². The van der Waals surface area contributed by atoms with E-state index in [0.717, 1.165) is 5.56 Å². The number of hydrazone groups is 1. The van der Waals surface area contributed by atoms with Crippen molar-refractivity contribution < 1.29 is 19.4 Å². The molecule has 0 aliphatic carbocycles. The molecule has 0 heterocycles. The summed E-state index contributed by atoms with van der Waals surface area (Å²) in [6.07, 6.45) is 1.30. The van der Waals surface area contributed by atoms with Gasteiger partial charge in [-0.25, -0.2) is 5.43 Å². The summed E-state index contributed by atoms with van der Waals surface area (Å²) in [5.41, 5.74) is 3.45. The first-order chi connectivity index (χ1) is 13.4. The second kappa shape index (κ2) is 10.0. The van der Waals surface area contributed by atoms with Gasteiger partial charge in [0.1, 0.15) is 0 Å². The van der Waals surface area contributed by atoms with Crippen molar-refractivity contribution in [2.75, 3.05) is 12.9 Å². The summed E-state index contributed by atoms with van der Waals surface area (Å²) in [6, 6.07) is 10.4. The van der Waals surface area contributed by atoms with Crippen LogP contribution in [0.1, 0.15) is 11.1 Å². The van der Waals surface area contributed by atoms with E-state index in [1.807, 2.05) is 0 Å². The van der Waals surface area contributed by atoms with Gasteiger partial charge in [-0.1, -0.05) is 12.1 Å². The zero-order chi connectivity index (χ0) is 20.5. The Labute approximate surface area is 163 Å². The fraction of sp³-hybridized carbons (Fsp3) is 0.176. The second-order valence-electron chi connectivity index (χ2n) is 5.40. The number of nitro groups is 2. The van der Waals surface area contributed by atoms with E-state index in [2.05, 4.69) is 10.5 Å². The molecule has 0 fully saturated rings. The molecule has 2 aromatic carbocycles. The molecule has 0 unspecified atom stereocenters. The van der Waals surface area contributed by atoms with Gasteiger partial charge in [-0.2, -0.15) is 5.10 Å². The zero-order valence-electron chi connectivity index (χ0n) is 14.7. The Kier molecular flexibility index (Phi) is 7.45. The molecule has 0 bridgehead atoms. The summed E-state index contributed by atoms with van der Waals surface area (Å²) >= 11 is 1.32. The summed E-state index contributed by atoms with van der Waals surface area (Å²) in [6.45, 7) is 0. The van der Waals surface area contributed by atoms with Gasteiger partial charge in [-0.15, -0.1) is 11.8 Å². The second-order valence-corrected chi connectivity index (χ2v) is 6.38. The van der Waals surface area contributed by atoms with Crippen LogP contribution in [0.4, 0.5) is 11.4 Å². The molecule has 10 nitrogen and oxygen atoms in total. The maximum Gasteiger partial charge on any atom is 0.311 e. The van der Waals surface area contributed by atoms with E-state index in [-0.39, 0.29) is 28.8 Å². The van der Waals surface area contributed by atoms with Gasteiger partial charge >= 0.3 is 5.69 Å². The van der Waals surface area contributed by atoms with Gasteiger partial charge in [-0.3, -0.25) is 25.0 Å². The molecule has 0 radical (unpaired) electrons. The number of ether oxygens (including phenoxy) is 1. The molecule has 2 rings (SSSR count). The summed E-state index contributed by atoms with van der Waals surface area (Å²) in [4.78, 5) is 32.3. The van der Waals surface area contributed by atoms with E-state index >= 15 is 0 Å². The number of hydrogen-bond donors (Lipinski definition) is 1. The smallest absolute Gasteiger partial charge is 0.311 e. The van der Waals surface area contributed by atoms with Gasteiger partial charge < -0.3 is 4.74 Å². The first kappa shape index (κ1) is 20.8. The Balaban J connectivity index is 1.81. The number of benzene rings is 2. The fourth-order valence-electron chi connectivity index (χ4n) is 2.12. The average molecular weight is 404 g/mol. The quantitative estimate of drug-likeness (QED) is 0.385. The number of rotatable bonds is 9. The van der Waals surface area contributed by atoms with Crippen LogP contribution >= 0.6 is 11.8 Å². The monoisotopic (exact) mass is 404 g/mol. The molecule has 1 N–H and O–H groups in total. The fourth-order valence-corrected chi connectivity index (χ4v) is 2.90. The highest BCUT2D eigenvalue weighted by molar-refractivity contribution is 7.99. The Hall–Kier alpha value is -3.47. The Bertz CT molecular complexity index is 901. The normalized spacial score (nSPS) is 10.6. The number of amides is 1. The highest BCUT2D eigenvalue weighted by atomic mass is 32.2. The van der Waals surface area contributed by atoms with Crippen molar-refractivity contribution in [3.05, 3.63) is 73.8 Å². The number of thioether (sulfide) groups is 1. The highest BCUT2D eigenvalue weighted by Gasteiger charge is 2.14. The number of non-ortho nitro benzene ring substituents is 1. The van der Waals surface area contributed by atoms with Crippen molar-refractivity contribution in [1.82, 2.24) is 5.43 Å². The maximum atomic E-state index is 11.8. The first-order valence-electron chi connectivity index (χ1n) is 7.86. The number of hydrogen-bond acceptors (Lipinski definition) is 8. The maximum absolute atomic E-state index is 11.8. The lowest BCUT2D eigenvalue weighted by Crippen LogP contribution is -2.19. The standard InChI is InChI=1S/C17H16N4O6S/c1-27-16-7-4-13(8-15(16)21(25)26)9-18-19-17(22)11-28-10-12-2-5-14(6-3-12)20(23)24/h2-9H,10-11H2,1H3,(H,19,22)/b18-9-. The van der Waals surface area contributed by atoms with Crippen LogP contribution in [0.2, 0.25) is 0 Å². The molecule has 0 aliphatic rings. The minimum Gasteiger partial charge on any atom is -0.490 e. The molecule has 0 atom stereocenters. The van der Waals surface area contributed by atoms with E-state index in [4.69, 9.17) is 4.74 Å². The summed E-state index contributed by atoms with van der Waals surface area (Å²) < 4.78 is 4.91. The number of methoxy groups -OCH3 is 1. The van der Waals surface area contributed by atoms with Crippen molar-refractivity contribution in [1.29, 1.82) is 0 Å². The van der Waals surface area contributed by atoms with Gasteiger partial charge in [0, 0.05) is 29.5 Å². The summed E-state index contributed by atoms with van der Waals surface area (Å²) in [5.74, 6) is 0.441. The van der Waals surface area contributed by atoms with Crippen molar-refractivity contribution in [2.45, 2.75) is 5.75 Å². The molecule has 11 heteroatoms. The topological polar surface area (TPSA) is 137 Å². The van der Waals surface area contributed by atoms with Crippen molar-refractivity contribution in [2.24, 2.45) is 5.10 Å². The van der Waals surface area contributed by atoms with Gasteiger partial charge in [0.2, 0.25) is 5.91 Å². The highest BCUT2D eigenvalue weighted by Crippen LogP contribution is 2.26. The van der Waals surface area contributed by atoms with Gasteiger partial charge in [-0.05, 0) is 17.7 Å². The third kappa shape index (κ3) is 6.06. The van der Waals surface area contributed by atoms with Crippen molar-refractivity contribution in [3.8, 4) is 5.75 Å². The first-order valence-corrected chi connectivity index (χ1v) is 9.01. The predicted octanol–water partition coefficient (Wildman–Crippen LogP) is 2.90. The minimum absolute atomic E-state index is 0.0135. The third-order valence-corrected chi connectivity index (χ3v) is 4.46. The van der Waals surface area contributed by atoms with Gasteiger partial charge in [0.25, 0.3) is 5.69 Å². The van der Waals surface area contributed by atoms with Crippen LogP contribution < -0.4 is 10.2 Å². The molecule has 0 saturated carbocycles. The molecule has 28 heavy (non-hydrogen) atoms. The van der Waals surface area contributed by atoms with E-state index in [1.165, 1.54) is 49.4 Å². The Morgan fingerprint density at radius 2 is 1.89 bits per heavy atom. The zero-order valence-corrected chi connectivity index (χ0v) is 15.5. The van der Waals surface area contributed by atoms with Crippen LogP contribution in [0.25, 0.3) is 0 Å². The minimum atomic E-state index is -0.566. The lowest BCUT2D eigenvalue weighted by molar-refractivity contribution is -0.385. The Morgan fingerprint density at radius 3 is 2.50 bits per heavy atom. The van der Waals surface area contributed by atoms with Crippen LogP contribution in [0.3, 0.4) is 0 Å². The summed E-state index contributed by atoms with van der Waals surface area (Å²) in [7, 11) is 1.34. The molecule has 0 aliphatic heterocycles. The molecule has 2 aromatic rings. The third-order valence-electron chi connectivity index (χ3n) is 3.45. The average Bonchev–Trinajstić information content (AvgIpc) is 2.68. The number of carbonyl (C=O) groups excluding carboxylic acids is 1. The molecule has 0 spiro atoms. The van der Waals surface area contributed by atoms with Crippen LogP contribution in [-0.2, 0) is 10.5 Å². The van der Waals surface area contributed by atoms with Crippen molar-refractivity contribution >= 4 is 35.3 Å². The lowest BCUT2D eigenvalue weighted by atomic mass is 10.2. The SMILES string of the molecule is COc1ccc(/C=N\NC(=O)CSCc2ccc([N+](=O)[O-])cc2)cc1[N+](=O)[O-]. The number of nitrogens with zero attached hydrogens (tertiary/aromatic N) is 3. The van der Waals surface area contributed by atoms with E-state index in [1.54, 1.807) is 18.2 Å². The van der Waals surface area contributed by atoms with Gasteiger partial charge in [0.15, 0.2) is 5.75 Å². The predicted molar refractivity (Wildman–Crippen MR) is 105 cm³/mol. The van der Waals surface area contributed by atoms with E-state index in [9.17, 15) is 25.0 Å². The van der Waals surface area contributed by atoms with Crippen LogP contribution in [-0.4, -0.2) is 34.8 Å².